The highest BCUT2D eigenvalue weighted by Crippen LogP contribution is 2.31. The number of aromatic nitrogens is 2. The lowest BCUT2D eigenvalue weighted by atomic mass is 9.83. The fourth-order valence-electron chi connectivity index (χ4n) is 3.63. The predicted molar refractivity (Wildman–Crippen MR) is 81.0 cm³/mol. The largest absolute Gasteiger partial charge is 0.339 e. The highest BCUT2D eigenvalue weighted by molar-refractivity contribution is 5.92. The van der Waals surface area contributed by atoms with Crippen molar-refractivity contribution in [3.05, 3.63) is 18.0 Å². The molecule has 2 aliphatic heterocycles. The number of aromatic amines is 1. The summed E-state index contributed by atoms with van der Waals surface area (Å²) >= 11 is 0. The van der Waals surface area contributed by atoms with E-state index >= 15 is 0 Å². The number of amides is 2. The van der Waals surface area contributed by atoms with Gasteiger partial charge in [0.1, 0.15) is 5.69 Å². The van der Waals surface area contributed by atoms with E-state index in [9.17, 15) is 9.59 Å². The van der Waals surface area contributed by atoms with E-state index in [1.165, 1.54) is 0 Å². The zero-order valence-corrected chi connectivity index (χ0v) is 12.7. The van der Waals surface area contributed by atoms with Crippen LogP contribution in [0.15, 0.2) is 12.3 Å². The minimum Gasteiger partial charge on any atom is -0.339 e. The molecule has 7 nitrogen and oxygen atoms in total. The van der Waals surface area contributed by atoms with E-state index in [1.807, 2.05) is 9.80 Å². The van der Waals surface area contributed by atoms with E-state index in [1.54, 1.807) is 12.3 Å². The second-order valence-electron chi connectivity index (χ2n) is 6.11. The molecule has 1 aromatic rings. The molecule has 1 aromatic heterocycles. The van der Waals surface area contributed by atoms with Crippen molar-refractivity contribution in [2.45, 2.75) is 31.7 Å². The number of H-pyrrole nitrogens is 1. The van der Waals surface area contributed by atoms with Gasteiger partial charge in [-0.15, -0.1) is 0 Å². The standard InChI is InChI=1S/C15H23N5O2/c16-6-1-8-20-13-5-9-19(10-11(13)2-3-14(20)21)15(22)12-4-7-17-18-12/h4,7,11,13H,1-3,5-6,8-10,16H2,(H,17,18)/t11-,13+/m0/s1. The lowest BCUT2D eigenvalue weighted by Crippen LogP contribution is -2.57. The van der Waals surface area contributed by atoms with Crippen molar-refractivity contribution >= 4 is 11.8 Å². The number of carbonyl (C=O) groups is 2. The molecule has 0 saturated carbocycles. The van der Waals surface area contributed by atoms with Gasteiger partial charge >= 0.3 is 0 Å². The SMILES string of the molecule is NCCCN1C(=O)CC[C@H]2CN(C(=O)c3ccn[nH]3)CC[C@H]21. The van der Waals surface area contributed by atoms with Crippen LogP contribution in [0.5, 0.6) is 0 Å². The Morgan fingerprint density at radius 3 is 3.05 bits per heavy atom. The maximum atomic E-state index is 12.4. The van der Waals surface area contributed by atoms with Crippen molar-refractivity contribution in [3.63, 3.8) is 0 Å². The molecule has 0 unspecified atom stereocenters. The smallest absolute Gasteiger partial charge is 0.271 e. The van der Waals surface area contributed by atoms with Crippen LogP contribution in [-0.2, 0) is 4.79 Å². The van der Waals surface area contributed by atoms with Crippen LogP contribution in [0.25, 0.3) is 0 Å². The van der Waals surface area contributed by atoms with Gasteiger partial charge < -0.3 is 15.5 Å². The summed E-state index contributed by atoms with van der Waals surface area (Å²) in [5, 5.41) is 6.57. The van der Waals surface area contributed by atoms with Gasteiger partial charge in [0.2, 0.25) is 5.91 Å². The number of rotatable bonds is 4. The van der Waals surface area contributed by atoms with Crippen LogP contribution in [-0.4, -0.2) is 64.0 Å². The second-order valence-corrected chi connectivity index (χ2v) is 6.11. The molecular formula is C15H23N5O2. The summed E-state index contributed by atoms with van der Waals surface area (Å²) in [5.41, 5.74) is 6.11. The van der Waals surface area contributed by atoms with E-state index in [2.05, 4.69) is 10.2 Å². The number of piperidine rings is 2. The maximum Gasteiger partial charge on any atom is 0.271 e. The molecule has 2 saturated heterocycles. The molecule has 0 radical (unpaired) electrons. The summed E-state index contributed by atoms with van der Waals surface area (Å²) in [6, 6.07) is 1.96. The first-order valence-corrected chi connectivity index (χ1v) is 7.99. The Balaban J connectivity index is 1.66. The Kier molecular flexibility index (Phi) is 4.42. The molecule has 7 heteroatoms. The molecule has 0 aliphatic carbocycles. The quantitative estimate of drug-likeness (QED) is 0.831. The lowest BCUT2D eigenvalue weighted by molar-refractivity contribution is -0.140. The van der Waals surface area contributed by atoms with E-state index in [0.717, 1.165) is 32.4 Å². The number of nitrogens with one attached hydrogen (secondary N) is 1. The molecule has 120 valence electrons. The number of hydrogen-bond acceptors (Lipinski definition) is 4. The van der Waals surface area contributed by atoms with Gasteiger partial charge in [-0.3, -0.25) is 14.7 Å². The van der Waals surface area contributed by atoms with Crippen molar-refractivity contribution in [1.29, 1.82) is 0 Å². The van der Waals surface area contributed by atoms with Crippen LogP contribution in [0.2, 0.25) is 0 Å². The average Bonchev–Trinajstić information content (AvgIpc) is 3.07. The number of fused-ring (bicyclic) bond motifs is 1. The minimum atomic E-state index is 0.00126. The fourth-order valence-corrected chi connectivity index (χ4v) is 3.63. The molecular weight excluding hydrogens is 282 g/mol. The van der Waals surface area contributed by atoms with Gasteiger partial charge in [0.15, 0.2) is 0 Å². The van der Waals surface area contributed by atoms with Crippen molar-refractivity contribution in [1.82, 2.24) is 20.0 Å². The van der Waals surface area contributed by atoms with Gasteiger partial charge in [-0.2, -0.15) is 5.10 Å². The van der Waals surface area contributed by atoms with Gasteiger partial charge in [0.25, 0.3) is 5.91 Å². The Bertz CT molecular complexity index is 530. The molecule has 3 N–H and O–H groups in total. The first-order chi connectivity index (χ1) is 10.7. The third kappa shape index (κ3) is 2.85. The van der Waals surface area contributed by atoms with Crippen LogP contribution in [0.1, 0.15) is 36.2 Å². The number of hydrogen-bond donors (Lipinski definition) is 2. The number of nitrogens with zero attached hydrogens (tertiary/aromatic N) is 3. The Morgan fingerprint density at radius 1 is 1.45 bits per heavy atom. The molecule has 0 aromatic carbocycles. The maximum absolute atomic E-state index is 12.4. The number of nitrogens with two attached hydrogens (primary N) is 1. The summed E-state index contributed by atoms with van der Waals surface area (Å²) in [4.78, 5) is 28.4. The predicted octanol–water partition coefficient (Wildman–Crippen LogP) is 0.212. The molecule has 0 spiro atoms. The van der Waals surface area contributed by atoms with E-state index in [-0.39, 0.29) is 17.9 Å². The molecule has 2 atom stereocenters. The van der Waals surface area contributed by atoms with E-state index < -0.39 is 0 Å². The van der Waals surface area contributed by atoms with Crippen LogP contribution < -0.4 is 5.73 Å². The van der Waals surface area contributed by atoms with Crippen LogP contribution in [0.3, 0.4) is 0 Å². The zero-order chi connectivity index (χ0) is 15.5. The summed E-state index contributed by atoms with van der Waals surface area (Å²) < 4.78 is 0. The van der Waals surface area contributed by atoms with Crippen molar-refractivity contribution < 1.29 is 9.59 Å². The van der Waals surface area contributed by atoms with Gasteiger partial charge in [-0.05, 0) is 37.8 Å². The summed E-state index contributed by atoms with van der Waals surface area (Å²) in [6.07, 6.45) is 4.73. The average molecular weight is 305 g/mol. The molecule has 2 fully saturated rings. The number of likely N-dealkylation sites (tertiary alicyclic amines) is 2. The fraction of sp³-hybridized carbons (Fsp3) is 0.667. The van der Waals surface area contributed by atoms with E-state index in [0.29, 0.717) is 31.1 Å². The highest BCUT2D eigenvalue weighted by Gasteiger charge is 2.40. The molecule has 3 rings (SSSR count). The minimum absolute atomic E-state index is 0.00126. The van der Waals surface area contributed by atoms with Crippen LogP contribution >= 0.6 is 0 Å². The third-order valence-electron chi connectivity index (χ3n) is 4.77. The van der Waals surface area contributed by atoms with Gasteiger partial charge in [-0.1, -0.05) is 0 Å². The Labute approximate surface area is 129 Å². The summed E-state index contributed by atoms with van der Waals surface area (Å²) in [7, 11) is 0. The molecule has 2 amide bonds. The molecule has 2 aliphatic rings. The van der Waals surface area contributed by atoms with Crippen molar-refractivity contribution in [2.75, 3.05) is 26.2 Å². The Hall–Kier alpha value is -1.89. The van der Waals surface area contributed by atoms with Crippen LogP contribution in [0, 0.1) is 5.92 Å². The van der Waals surface area contributed by atoms with Crippen LogP contribution in [0.4, 0.5) is 0 Å². The second kappa shape index (κ2) is 6.48. The Morgan fingerprint density at radius 2 is 2.32 bits per heavy atom. The molecule has 3 heterocycles. The monoisotopic (exact) mass is 305 g/mol. The van der Waals surface area contributed by atoms with E-state index in [4.69, 9.17) is 5.73 Å². The first-order valence-electron chi connectivity index (χ1n) is 7.99. The normalized spacial score (nSPS) is 25.2. The lowest BCUT2D eigenvalue weighted by Gasteiger charge is -2.47. The van der Waals surface area contributed by atoms with Gasteiger partial charge in [-0.25, -0.2) is 0 Å². The summed E-state index contributed by atoms with van der Waals surface area (Å²) in [6.45, 7) is 2.75. The molecule has 0 bridgehead atoms. The topological polar surface area (TPSA) is 95.3 Å². The van der Waals surface area contributed by atoms with Crippen molar-refractivity contribution in [2.24, 2.45) is 11.7 Å². The zero-order valence-electron chi connectivity index (χ0n) is 12.7. The first kappa shape index (κ1) is 15.0. The molecule has 22 heavy (non-hydrogen) atoms. The third-order valence-corrected chi connectivity index (χ3v) is 4.77. The highest BCUT2D eigenvalue weighted by atomic mass is 16.2. The van der Waals surface area contributed by atoms with Gasteiger partial charge in [0.05, 0.1) is 0 Å². The van der Waals surface area contributed by atoms with Gasteiger partial charge in [0, 0.05) is 38.3 Å². The number of carbonyl (C=O) groups excluding carboxylic acids is 2. The summed E-state index contributed by atoms with van der Waals surface area (Å²) in [5.74, 6) is 0.612. The van der Waals surface area contributed by atoms with Crippen molar-refractivity contribution in [3.8, 4) is 0 Å².